The molecule has 4 heteroatoms. The van der Waals surface area contributed by atoms with E-state index >= 15 is 0 Å². The largest absolute Gasteiger partial charge is 0.481 e. The maximum absolute atomic E-state index is 12.1. The zero-order valence-electron chi connectivity index (χ0n) is 11.6. The van der Waals surface area contributed by atoms with E-state index in [-0.39, 0.29) is 24.3 Å². The summed E-state index contributed by atoms with van der Waals surface area (Å²) in [6.07, 6.45) is 4.87. The minimum absolute atomic E-state index is 0.0444. The van der Waals surface area contributed by atoms with Gasteiger partial charge in [-0.15, -0.1) is 0 Å². The lowest BCUT2D eigenvalue weighted by Crippen LogP contribution is -2.43. The van der Waals surface area contributed by atoms with Gasteiger partial charge in [0, 0.05) is 12.8 Å². The van der Waals surface area contributed by atoms with E-state index in [1.165, 1.54) is 0 Å². The average molecular weight is 275 g/mol. The highest BCUT2D eigenvalue weighted by molar-refractivity contribution is 5.77. The molecule has 1 fully saturated rings. The number of nitrogens with one attached hydrogen (secondary N) is 1. The Morgan fingerprint density at radius 3 is 2.35 bits per heavy atom. The third-order valence-electron chi connectivity index (χ3n) is 3.96. The fraction of sp³-hybridized carbons (Fsp3) is 0.500. The predicted octanol–water partition coefficient (Wildman–Crippen LogP) is 2.83. The second-order valence-corrected chi connectivity index (χ2v) is 5.45. The zero-order valence-corrected chi connectivity index (χ0v) is 11.6. The van der Waals surface area contributed by atoms with Crippen molar-refractivity contribution >= 4 is 11.9 Å². The van der Waals surface area contributed by atoms with Crippen molar-refractivity contribution in [3.8, 4) is 0 Å². The van der Waals surface area contributed by atoms with Gasteiger partial charge in [-0.1, -0.05) is 43.2 Å². The summed E-state index contributed by atoms with van der Waals surface area (Å²) in [5.41, 5.74) is 0.908. The highest BCUT2D eigenvalue weighted by Crippen LogP contribution is 2.38. The predicted molar refractivity (Wildman–Crippen MR) is 76.2 cm³/mol. The van der Waals surface area contributed by atoms with Crippen LogP contribution < -0.4 is 5.32 Å². The molecular formula is C16H21NO3. The summed E-state index contributed by atoms with van der Waals surface area (Å²) in [5.74, 6) is -0.895. The third-order valence-corrected chi connectivity index (χ3v) is 3.96. The Hall–Kier alpha value is -1.84. The van der Waals surface area contributed by atoms with Crippen molar-refractivity contribution in [3.05, 3.63) is 35.9 Å². The number of hydrogen-bond acceptors (Lipinski definition) is 2. The van der Waals surface area contributed by atoms with Gasteiger partial charge in [0.25, 0.3) is 0 Å². The van der Waals surface area contributed by atoms with Crippen molar-refractivity contribution in [3.63, 3.8) is 0 Å². The van der Waals surface area contributed by atoms with Gasteiger partial charge in [0.2, 0.25) is 5.91 Å². The first-order valence-electron chi connectivity index (χ1n) is 7.21. The van der Waals surface area contributed by atoms with Crippen LogP contribution in [0.25, 0.3) is 0 Å². The van der Waals surface area contributed by atoms with E-state index in [4.69, 9.17) is 5.11 Å². The minimum Gasteiger partial charge on any atom is -0.481 e. The summed E-state index contributed by atoms with van der Waals surface area (Å²) < 4.78 is 0. The van der Waals surface area contributed by atoms with Crippen molar-refractivity contribution < 1.29 is 14.7 Å². The quantitative estimate of drug-likeness (QED) is 0.839. The molecule has 0 saturated heterocycles. The summed E-state index contributed by atoms with van der Waals surface area (Å²) in [4.78, 5) is 22.5. The van der Waals surface area contributed by atoms with Crippen LogP contribution in [0.4, 0.5) is 0 Å². The lowest BCUT2D eigenvalue weighted by molar-refractivity contribution is -0.137. The van der Waals surface area contributed by atoms with E-state index in [1.807, 2.05) is 18.2 Å². The molecule has 1 aromatic carbocycles. The number of carboxylic acid groups (broad SMARTS) is 1. The topological polar surface area (TPSA) is 66.4 Å². The fourth-order valence-corrected chi connectivity index (χ4v) is 2.95. The van der Waals surface area contributed by atoms with Gasteiger partial charge in [0.15, 0.2) is 0 Å². The number of rotatable bonds is 6. The number of amides is 1. The number of benzene rings is 1. The van der Waals surface area contributed by atoms with Gasteiger partial charge in [0.1, 0.15) is 0 Å². The molecule has 1 aliphatic rings. The number of carbonyl (C=O) groups is 2. The molecule has 20 heavy (non-hydrogen) atoms. The van der Waals surface area contributed by atoms with Crippen molar-refractivity contribution in [2.75, 3.05) is 0 Å². The lowest BCUT2D eigenvalue weighted by atomic mass is 9.88. The van der Waals surface area contributed by atoms with Crippen LogP contribution >= 0.6 is 0 Å². The third kappa shape index (κ3) is 3.59. The van der Waals surface area contributed by atoms with E-state index in [1.54, 1.807) is 0 Å². The monoisotopic (exact) mass is 275 g/mol. The number of aliphatic carboxylic acids is 1. The number of hydrogen-bond donors (Lipinski definition) is 2. The summed E-state index contributed by atoms with van der Waals surface area (Å²) in [5, 5.41) is 11.8. The average Bonchev–Trinajstić information content (AvgIpc) is 2.89. The van der Waals surface area contributed by atoms with Crippen LogP contribution in [0.1, 0.15) is 50.5 Å². The van der Waals surface area contributed by atoms with Crippen molar-refractivity contribution in [2.45, 2.75) is 50.5 Å². The first kappa shape index (κ1) is 14.6. The van der Waals surface area contributed by atoms with E-state index in [2.05, 4.69) is 17.4 Å². The molecule has 0 bridgehead atoms. The van der Waals surface area contributed by atoms with Crippen LogP contribution in [0.2, 0.25) is 0 Å². The Balaban J connectivity index is 1.99. The molecule has 0 radical (unpaired) electrons. The van der Waals surface area contributed by atoms with Gasteiger partial charge in [-0.25, -0.2) is 0 Å². The zero-order chi connectivity index (χ0) is 14.4. The highest BCUT2D eigenvalue weighted by atomic mass is 16.4. The molecule has 1 aliphatic carbocycles. The summed E-state index contributed by atoms with van der Waals surface area (Å²) in [6.45, 7) is 0. The van der Waals surface area contributed by atoms with Crippen LogP contribution in [-0.4, -0.2) is 17.0 Å². The molecule has 0 spiro atoms. The molecule has 2 rings (SSSR count). The molecular weight excluding hydrogens is 254 g/mol. The Labute approximate surface area is 119 Å². The lowest BCUT2D eigenvalue weighted by Gasteiger charge is -2.31. The van der Waals surface area contributed by atoms with Crippen LogP contribution in [-0.2, 0) is 15.1 Å². The molecule has 1 amide bonds. The Kier molecular flexibility index (Phi) is 4.77. The standard InChI is InChI=1S/C16H21NO3/c18-14(9-6-10-15(19)20)17-16(11-4-5-12-16)13-7-2-1-3-8-13/h1-3,7-8H,4-6,9-12H2,(H,17,18)(H,19,20). The van der Waals surface area contributed by atoms with Gasteiger partial charge in [-0.2, -0.15) is 0 Å². The molecule has 0 aliphatic heterocycles. The van der Waals surface area contributed by atoms with Gasteiger partial charge in [0.05, 0.1) is 5.54 Å². The first-order chi connectivity index (χ1) is 9.62. The van der Waals surface area contributed by atoms with Crippen molar-refractivity contribution in [2.24, 2.45) is 0 Å². The van der Waals surface area contributed by atoms with E-state index in [0.717, 1.165) is 31.2 Å². The smallest absolute Gasteiger partial charge is 0.303 e. The van der Waals surface area contributed by atoms with Gasteiger partial charge >= 0.3 is 5.97 Å². The van der Waals surface area contributed by atoms with E-state index < -0.39 is 5.97 Å². The molecule has 4 nitrogen and oxygen atoms in total. The Morgan fingerprint density at radius 1 is 1.10 bits per heavy atom. The second kappa shape index (κ2) is 6.55. The van der Waals surface area contributed by atoms with Gasteiger partial charge in [-0.3, -0.25) is 9.59 Å². The van der Waals surface area contributed by atoms with E-state index in [0.29, 0.717) is 6.42 Å². The SMILES string of the molecule is O=C(O)CCCC(=O)NC1(c2ccccc2)CCCC1. The molecule has 0 atom stereocenters. The Morgan fingerprint density at radius 2 is 1.75 bits per heavy atom. The highest BCUT2D eigenvalue weighted by Gasteiger charge is 2.36. The summed E-state index contributed by atoms with van der Waals surface area (Å²) in [6, 6.07) is 10.1. The molecule has 0 aromatic heterocycles. The molecule has 0 unspecified atom stereocenters. The molecule has 0 heterocycles. The number of carbonyl (C=O) groups excluding carboxylic acids is 1. The normalized spacial score (nSPS) is 16.8. The van der Waals surface area contributed by atoms with Gasteiger partial charge in [-0.05, 0) is 24.8 Å². The fourth-order valence-electron chi connectivity index (χ4n) is 2.95. The molecule has 1 saturated carbocycles. The second-order valence-electron chi connectivity index (χ2n) is 5.45. The van der Waals surface area contributed by atoms with Crippen molar-refractivity contribution in [1.82, 2.24) is 5.32 Å². The minimum atomic E-state index is -0.851. The maximum Gasteiger partial charge on any atom is 0.303 e. The van der Waals surface area contributed by atoms with Crippen LogP contribution in [0.3, 0.4) is 0 Å². The number of carboxylic acids is 1. The maximum atomic E-state index is 12.1. The molecule has 2 N–H and O–H groups in total. The summed E-state index contributed by atoms with van der Waals surface area (Å²) >= 11 is 0. The van der Waals surface area contributed by atoms with Gasteiger partial charge < -0.3 is 10.4 Å². The van der Waals surface area contributed by atoms with Crippen molar-refractivity contribution in [1.29, 1.82) is 0 Å². The first-order valence-corrected chi connectivity index (χ1v) is 7.21. The molecule has 108 valence electrons. The molecule has 1 aromatic rings. The van der Waals surface area contributed by atoms with Crippen LogP contribution in [0, 0.1) is 0 Å². The van der Waals surface area contributed by atoms with Crippen LogP contribution in [0.5, 0.6) is 0 Å². The van der Waals surface area contributed by atoms with Crippen LogP contribution in [0.15, 0.2) is 30.3 Å². The Bertz CT molecular complexity index is 464. The summed E-state index contributed by atoms with van der Waals surface area (Å²) in [7, 11) is 0. The van der Waals surface area contributed by atoms with E-state index in [9.17, 15) is 9.59 Å².